The van der Waals surface area contributed by atoms with Crippen molar-refractivity contribution in [2.75, 3.05) is 33.0 Å². The van der Waals surface area contributed by atoms with Crippen LogP contribution in [0.15, 0.2) is 48.6 Å². The summed E-state index contributed by atoms with van der Waals surface area (Å²) < 4.78 is 15.3. The topological polar surface area (TPSA) is 247 Å². The second-order valence-corrected chi connectivity index (χ2v) is 8.41. The third-order valence-electron chi connectivity index (χ3n) is 5.40. The monoisotopic (exact) mass is 560 g/mol. The molecule has 0 aliphatic carbocycles. The van der Waals surface area contributed by atoms with Gasteiger partial charge in [-0.3, -0.25) is 0 Å². The molecule has 0 radical (unpaired) electrons. The first kappa shape index (κ1) is 34.1. The van der Waals surface area contributed by atoms with E-state index in [9.17, 15) is 35.4 Å². The minimum Gasteiger partial charge on any atom is -0.504 e. The van der Waals surface area contributed by atoms with Crippen molar-refractivity contribution in [2.24, 2.45) is 0 Å². The summed E-state index contributed by atoms with van der Waals surface area (Å²) >= 11 is 0. The Morgan fingerprint density at radius 2 is 1.64 bits per heavy atom. The Hall–Kier alpha value is -2.89. The van der Waals surface area contributed by atoms with E-state index in [1.807, 2.05) is 0 Å². The van der Waals surface area contributed by atoms with Crippen LogP contribution < -0.4 is 0 Å². The second kappa shape index (κ2) is 16.9. The number of carbonyl (C=O) groups excluding carboxylic acids is 1. The van der Waals surface area contributed by atoms with Crippen molar-refractivity contribution in [3.63, 3.8) is 0 Å². The highest BCUT2D eigenvalue weighted by atomic mass is 16.7. The zero-order valence-corrected chi connectivity index (χ0v) is 21.0. The van der Waals surface area contributed by atoms with Gasteiger partial charge in [0, 0.05) is 6.08 Å². The van der Waals surface area contributed by atoms with Crippen LogP contribution in [0, 0.1) is 0 Å². The quantitative estimate of drug-likeness (QED) is 0.0540. The van der Waals surface area contributed by atoms with Crippen LogP contribution >= 0.6 is 0 Å². The van der Waals surface area contributed by atoms with E-state index in [1.54, 1.807) is 0 Å². The number of esters is 1. The molecule has 0 bridgehead atoms. The van der Waals surface area contributed by atoms with Crippen molar-refractivity contribution in [3.05, 3.63) is 54.1 Å². The Morgan fingerprint density at radius 1 is 0.974 bits per heavy atom. The standard InChI is InChI=1S/C20H26O11.C5H10O3/c1-10(8-29-16(25)5-3-11-2-4-12(22)13(23)6-11)14(24)9-30-20-19(28)18(27)17(26)15(7-21)31-20;1-4(2-6)5(8)3-7/h2-6,14-15,17-24,26-28H,1,7-9H2;5-8H,1-3H2/b5-3+;/t14?,15?,17-,18-,19?,20-;/m1./s1. The maximum absolute atomic E-state index is 11.8. The Morgan fingerprint density at radius 3 is 2.18 bits per heavy atom. The Labute approximate surface area is 224 Å². The van der Waals surface area contributed by atoms with Gasteiger partial charge in [-0.05, 0) is 34.9 Å². The number of phenolic OH excluding ortho intramolecular Hbond substituents is 2. The fourth-order valence-electron chi connectivity index (χ4n) is 2.86. The van der Waals surface area contributed by atoms with Gasteiger partial charge in [-0.25, -0.2) is 4.79 Å². The number of carbonyl (C=O) groups is 1. The van der Waals surface area contributed by atoms with Crippen molar-refractivity contribution in [3.8, 4) is 11.5 Å². The Balaban J connectivity index is 0.000000824. The van der Waals surface area contributed by atoms with Crippen LogP contribution in [0.4, 0.5) is 0 Å². The molecule has 39 heavy (non-hydrogen) atoms. The molecule has 0 amide bonds. The fraction of sp³-hybridized carbons (Fsp3) is 0.480. The van der Waals surface area contributed by atoms with E-state index >= 15 is 0 Å². The average Bonchev–Trinajstić information content (AvgIpc) is 2.94. The van der Waals surface area contributed by atoms with E-state index < -0.39 is 62.1 Å². The minimum absolute atomic E-state index is 0.0774. The molecule has 4 unspecified atom stereocenters. The van der Waals surface area contributed by atoms with E-state index in [-0.39, 0.29) is 42.5 Å². The first-order chi connectivity index (χ1) is 18.4. The smallest absolute Gasteiger partial charge is 0.331 e. The summed E-state index contributed by atoms with van der Waals surface area (Å²) in [5, 5.41) is 92.3. The largest absolute Gasteiger partial charge is 0.504 e. The van der Waals surface area contributed by atoms with Crippen LogP contribution in [0.5, 0.6) is 11.5 Å². The van der Waals surface area contributed by atoms with Crippen LogP contribution in [-0.4, -0.2) is 133 Å². The first-order valence-corrected chi connectivity index (χ1v) is 11.6. The van der Waals surface area contributed by atoms with Crippen molar-refractivity contribution in [1.29, 1.82) is 0 Å². The molecule has 14 heteroatoms. The summed E-state index contributed by atoms with van der Waals surface area (Å²) in [6.45, 7) is 4.82. The van der Waals surface area contributed by atoms with Gasteiger partial charge in [-0.2, -0.15) is 0 Å². The van der Waals surface area contributed by atoms with Crippen molar-refractivity contribution < 1.29 is 70.1 Å². The molecule has 1 aromatic rings. The summed E-state index contributed by atoms with van der Waals surface area (Å²) in [4.78, 5) is 11.8. The van der Waals surface area contributed by atoms with Gasteiger partial charge in [0.15, 0.2) is 17.8 Å². The molecule has 10 N–H and O–H groups in total. The molecule has 220 valence electrons. The summed E-state index contributed by atoms with van der Waals surface area (Å²) in [7, 11) is 0. The second-order valence-electron chi connectivity index (χ2n) is 8.41. The lowest BCUT2D eigenvalue weighted by atomic mass is 9.99. The fourth-order valence-corrected chi connectivity index (χ4v) is 2.86. The molecule has 1 saturated heterocycles. The minimum atomic E-state index is -1.61. The molecule has 7 atom stereocenters. The van der Waals surface area contributed by atoms with E-state index in [0.717, 1.165) is 6.08 Å². The summed E-state index contributed by atoms with van der Waals surface area (Å²) in [5.74, 6) is -1.39. The molecular weight excluding hydrogens is 524 g/mol. The molecule has 14 nitrogen and oxygen atoms in total. The maximum Gasteiger partial charge on any atom is 0.331 e. The van der Waals surface area contributed by atoms with Gasteiger partial charge in [0.2, 0.25) is 0 Å². The average molecular weight is 561 g/mol. The molecule has 2 rings (SSSR count). The van der Waals surface area contributed by atoms with Gasteiger partial charge < -0.3 is 65.3 Å². The van der Waals surface area contributed by atoms with Gasteiger partial charge in [-0.1, -0.05) is 19.2 Å². The maximum atomic E-state index is 11.8. The lowest BCUT2D eigenvalue weighted by Crippen LogP contribution is -2.59. The predicted molar refractivity (Wildman–Crippen MR) is 134 cm³/mol. The van der Waals surface area contributed by atoms with E-state index in [4.69, 9.17) is 34.6 Å². The van der Waals surface area contributed by atoms with Crippen molar-refractivity contribution in [1.82, 2.24) is 0 Å². The van der Waals surface area contributed by atoms with E-state index in [0.29, 0.717) is 5.56 Å². The van der Waals surface area contributed by atoms with Crippen molar-refractivity contribution in [2.45, 2.75) is 42.9 Å². The number of hydrogen-bond acceptors (Lipinski definition) is 14. The summed E-state index contributed by atoms with van der Waals surface area (Å²) in [6.07, 6.45) is -7.16. The third-order valence-corrected chi connectivity index (χ3v) is 5.40. The molecule has 1 aromatic carbocycles. The Kier molecular flexibility index (Phi) is 14.8. The van der Waals surface area contributed by atoms with Crippen molar-refractivity contribution >= 4 is 12.0 Å². The third kappa shape index (κ3) is 11.0. The summed E-state index contributed by atoms with van der Waals surface area (Å²) in [5.41, 5.74) is 0.764. The summed E-state index contributed by atoms with van der Waals surface area (Å²) in [6, 6.07) is 3.98. The lowest BCUT2D eigenvalue weighted by Gasteiger charge is -2.39. The highest BCUT2D eigenvalue weighted by Gasteiger charge is 2.44. The highest BCUT2D eigenvalue weighted by molar-refractivity contribution is 5.87. The van der Waals surface area contributed by atoms with Gasteiger partial charge in [0.25, 0.3) is 0 Å². The molecule has 1 aliphatic heterocycles. The van der Waals surface area contributed by atoms with Gasteiger partial charge in [0.1, 0.15) is 37.1 Å². The highest BCUT2D eigenvalue weighted by Crippen LogP contribution is 2.25. The molecule has 0 aromatic heterocycles. The molecule has 1 aliphatic rings. The number of aliphatic hydroxyl groups is 8. The molecular formula is C25H36O14. The Bertz CT molecular complexity index is 962. The SMILES string of the molecule is C=C(CO)C(O)CO.C=C(COC(=O)/C=C/c1ccc(O)c(O)c1)C(O)CO[C@@H]1OC(CO)[C@@H](O)[C@@H](O)C1O. The number of ether oxygens (including phenoxy) is 3. The molecule has 0 saturated carbocycles. The zero-order chi connectivity index (χ0) is 29.7. The molecule has 1 heterocycles. The predicted octanol–water partition coefficient (Wildman–Crippen LogP) is -2.72. The van der Waals surface area contributed by atoms with Crippen LogP contribution in [0.25, 0.3) is 6.08 Å². The molecule has 0 spiro atoms. The van der Waals surface area contributed by atoms with Crippen LogP contribution in [0.3, 0.4) is 0 Å². The lowest BCUT2D eigenvalue weighted by molar-refractivity contribution is -0.303. The van der Waals surface area contributed by atoms with E-state index in [1.165, 1.54) is 24.3 Å². The number of aromatic hydroxyl groups is 2. The van der Waals surface area contributed by atoms with Crippen LogP contribution in [0.1, 0.15) is 5.56 Å². The van der Waals surface area contributed by atoms with Gasteiger partial charge in [0.05, 0.1) is 32.5 Å². The normalized spacial score (nSPS) is 24.4. The van der Waals surface area contributed by atoms with Gasteiger partial charge >= 0.3 is 5.97 Å². The number of rotatable bonds is 12. The number of aliphatic hydroxyl groups excluding tert-OH is 8. The van der Waals surface area contributed by atoms with Crippen LogP contribution in [0.2, 0.25) is 0 Å². The van der Waals surface area contributed by atoms with Gasteiger partial charge in [-0.15, -0.1) is 0 Å². The van der Waals surface area contributed by atoms with Crippen LogP contribution in [-0.2, 0) is 19.0 Å². The number of benzene rings is 1. The zero-order valence-electron chi connectivity index (χ0n) is 21.0. The first-order valence-electron chi connectivity index (χ1n) is 11.6. The number of phenols is 2. The van der Waals surface area contributed by atoms with E-state index in [2.05, 4.69) is 13.2 Å². The molecule has 1 fully saturated rings. The number of hydrogen-bond donors (Lipinski definition) is 10.